The second-order valence-corrected chi connectivity index (χ2v) is 7.06. The first-order valence-corrected chi connectivity index (χ1v) is 8.51. The van der Waals surface area contributed by atoms with Crippen molar-refractivity contribution in [2.24, 2.45) is 11.8 Å². The minimum Gasteiger partial charge on any atom is -0.352 e. The van der Waals surface area contributed by atoms with Gasteiger partial charge in [-0.15, -0.1) is 0 Å². The lowest BCUT2D eigenvalue weighted by molar-refractivity contribution is 0.135. The van der Waals surface area contributed by atoms with Crippen molar-refractivity contribution in [3.63, 3.8) is 0 Å². The number of anilines is 1. The molecule has 3 aliphatic rings. The quantitative estimate of drug-likeness (QED) is 0.914. The number of aromatic amines is 1. The highest BCUT2D eigenvalue weighted by atomic mass is 15.3. The van der Waals surface area contributed by atoms with Crippen LogP contribution >= 0.6 is 0 Å². The van der Waals surface area contributed by atoms with Crippen LogP contribution < -0.4 is 4.90 Å². The molecule has 0 aromatic carbocycles. The van der Waals surface area contributed by atoms with Crippen LogP contribution in [0.25, 0.3) is 11.2 Å². The summed E-state index contributed by atoms with van der Waals surface area (Å²) in [6.07, 6.45) is 9.22. The van der Waals surface area contributed by atoms with Crippen molar-refractivity contribution in [1.82, 2.24) is 24.8 Å². The SMILES string of the molecule is c1nc(N2CCN(C3CC4CCC3C4)CC2)c2[nH]cnc2n1. The zero-order valence-corrected chi connectivity index (χ0v) is 12.8. The fraction of sp³-hybridized carbons (Fsp3) is 0.688. The highest BCUT2D eigenvalue weighted by Gasteiger charge is 2.42. The van der Waals surface area contributed by atoms with E-state index in [9.17, 15) is 0 Å². The highest BCUT2D eigenvalue weighted by Crippen LogP contribution is 2.46. The molecule has 5 rings (SSSR count). The van der Waals surface area contributed by atoms with Crippen LogP contribution in [0.5, 0.6) is 0 Å². The molecule has 0 spiro atoms. The summed E-state index contributed by atoms with van der Waals surface area (Å²) in [5.41, 5.74) is 1.73. The van der Waals surface area contributed by atoms with Crippen LogP contribution in [0, 0.1) is 11.8 Å². The largest absolute Gasteiger partial charge is 0.352 e. The van der Waals surface area contributed by atoms with E-state index < -0.39 is 0 Å². The molecule has 0 radical (unpaired) electrons. The van der Waals surface area contributed by atoms with Crippen LogP contribution in [0.15, 0.2) is 12.7 Å². The van der Waals surface area contributed by atoms with Crippen molar-refractivity contribution in [3.8, 4) is 0 Å². The Morgan fingerprint density at radius 1 is 1.00 bits per heavy atom. The molecule has 22 heavy (non-hydrogen) atoms. The molecule has 2 aromatic heterocycles. The number of piperazine rings is 1. The third-order valence-electron chi connectivity index (χ3n) is 5.99. The number of aromatic nitrogens is 4. The van der Waals surface area contributed by atoms with Gasteiger partial charge in [-0.1, -0.05) is 6.42 Å². The maximum absolute atomic E-state index is 4.49. The van der Waals surface area contributed by atoms with Crippen LogP contribution in [-0.4, -0.2) is 57.1 Å². The van der Waals surface area contributed by atoms with Gasteiger partial charge in [0.1, 0.15) is 11.8 Å². The second kappa shape index (κ2) is 4.91. The number of imidazole rings is 1. The van der Waals surface area contributed by atoms with E-state index in [0.29, 0.717) is 0 Å². The topological polar surface area (TPSA) is 60.9 Å². The lowest BCUT2D eigenvalue weighted by atomic mass is 9.93. The monoisotopic (exact) mass is 298 g/mol. The maximum atomic E-state index is 4.49. The van der Waals surface area contributed by atoms with E-state index in [0.717, 1.165) is 61.0 Å². The van der Waals surface area contributed by atoms with Crippen molar-refractivity contribution in [1.29, 1.82) is 0 Å². The van der Waals surface area contributed by atoms with Gasteiger partial charge in [-0.2, -0.15) is 0 Å². The number of hydrogen-bond acceptors (Lipinski definition) is 5. The van der Waals surface area contributed by atoms with E-state index in [1.54, 1.807) is 12.7 Å². The lowest BCUT2D eigenvalue weighted by Gasteiger charge is -2.41. The molecule has 1 N–H and O–H groups in total. The summed E-state index contributed by atoms with van der Waals surface area (Å²) >= 11 is 0. The Bertz CT molecular complexity index is 674. The fourth-order valence-electron chi connectivity index (χ4n) is 4.92. The zero-order valence-electron chi connectivity index (χ0n) is 12.8. The van der Waals surface area contributed by atoms with Gasteiger partial charge in [-0.25, -0.2) is 15.0 Å². The predicted molar refractivity (Wildman–Crippen MR) is 84.7 cm³/mol. The standard InChI is InChI=1S/C16H22N6/c1-2-12-7-11(1)8-13(12)21-3-5-22(6-4-21)16-14-15(18-9-17-14)19-10-20-16/h9-13H,1-8H2,(H,17,18,19,20). The first-order chi connectivity index (χ1) is 10.9. The molecule has 3 heterocycles. The Hall–Kier alpha value is -1.69. The first-order valence-electron chi connectivity index (χ1n) is 8.51. The molecule has 3 fully saturated rings. The van der Waals surface area contributed by atoms with E-state index in [2.05, 4.69) is 29.7 Å². The van der Waals surface area contributed by atoms with E-state index >= 15 is 0 Å². The summed E-state index contributed by atoms with van der Waals surface area (Å²) in [5.74, 6) is 3.02. The first kappa shape index (κ1) is 12.8. The van der Waals surface area contributed by atoms with Gasteiger partial charge in [-0.3, -0.25) is 4.90 Å². The van der Waals surface area contributed by atoms with Crippen LogP contribution in [0.2, 0.25) is 0 Å². The second-order valence-electron chi connectivity index (χ2n) is 7.06. The molecule has 2 aromatic rings. The molecule has 3 atom stereocenters. The Balaban J connectivity index is 1.31. The Morgan fingerprint density at radius 3 is 2.68 bits per heavy atom. The number of hydrogen-bond donors (Lipinski definition) is 1. The molecule has 0 amide bonds. The van der Waals surface area contributed by atoms with Gasteiger partial charge in [0.2, 0.25) is 0 Å². The van der Waals surface area contributed by atoms with Gasteiger partial charge in [-0.05, 0) is 31.1 Å². The number of H-pyrrole nitrogens is 1. The van der Waals surface area contributed by atoms with E-state index in [-0.39, 0.29) is 0 Å². The summed E-state index contributed by atoms with van der Waals surface area (Å²) in [6, 6.07) is 0.860. The Kier molecular flexibility index (Phi) is 2.86. The number of nitrogens with zero attached hydrogens (tertiary/aromatic N) is 5. The van der Waals surface area contributed by atoms with Crippen molar-refractivity contribution >= 4 is 17.0 Å². The average Bonchev–Trinajstić information content (AvgIpc) is 3.30. The minimum atomic E-state index is 0.764. The molecule has 116 valence electrons. The van der Waals surface area contributed by atoms with Crippen LogP contribution in [-0.2, 0) is 0 Å². The van der Waals surface area contributed by atoms with E-state index in [1.807, 2.05) is 0 Å². The van der Waals surface area contributed by atoms with Crippen molar-refractivity contribution in [2.75, 3.05) is 31.1 Å². The van der Waals surface area contributed by atoms with Crippen LogP contribution in [0.1, 0.15) is 25.7 Å². The number of rotatable bonds is 2. The van der Waals surface area contributed by atoms with Gasteiger partial charge in [0.05, 0.1) is 6.33 Å². The highest BCUT2D eigenvalue weighted by molar-refractivity contribution is 5.82. The normalized spacial score (nSPS) is 32.2. The minimum absolute atomic E-state index is 0.764. The third-order valence-corrected chi connectivity index (χ3v) is 5.99. The van der Waals surface area contributed by atoms with E-state index in [4.69, 9.17) is 0 Å². The zero-order chi connectivity index (χ0) is 14.5. The molecule has 2 aliphatic carbocycles. The molecular formula is C16H22N6. The molecular weight excluding hydrogens is 276 g/mol. The number of fused-ring (bicyclic) bond motifs is 3. The summed E-state index contributed by atoms with van der Waals surface area (Å²) in [5, 5.41) is 0. The molecule has 2 bridgehead atoms. The summed E-state index contributed by atoms with van der Waals surface area (Å²) in [7, 11) is 0. The number of nitrogens with one attached hydrogen (secondary N) is 1. The average molecular weight is 298 g/mol. The Labute approximate surface area is 129 Å². The van der Waals surface area contributed by atoms with Crippen molar-refractivity contribution < 1.29 is 0 Å². The predicted octanol–water partition coefficient (Wildman–Crippen LogP) is 1.66. The van der Waals surface area contributed by atoms with Gasteiger partial charge in [0, 0.05) is 32.2 Å². The molecule has 1 saturated heterocycles. The molecule has 6 heteroatoms. The molecule has 6 nitrogen and oxygen atoms in total. The van der Waals surface area contributed by atoms with Gasteiger partial charge >= 0.3 is 0 Å². The van der Waals surface area contributed by atoms with Crippen LogP contribution in [0.4, 0.5) is 5.82 Å². The summed E-state index contributed by atoms with van der Waals surface area (Å²) < 4.78 is 0. The Morgan fingerprint density at radius 2 is 1.91 bits per heavy atom. The van der Waals surface area contributed by atoms with Gasteiger partial charge in [0.15, 0.2) is 11.5 Å². The van der Waals surface area contributed by atoms with Crippen molar-refractivity contribution in [3.05, 3.63) is 12.7 Å². The molecule has 3 unspecified atom stereocenters. The lowest BCUT2D eigenvalue weighted by Crippen LogP contribution is -2.52. The summed E-state index contributed by atoms with van der Waals surface area (Å²) in [4.78, 5) is 21.2. The summed E-state index contributed by atoms with van der Waals surface area (Å²) in [6.45, 7) is 4.43. The molecule has 1 aliphatic heterocycles. The van der Waals surface area contributed by atoms with E-state index in [1.165, 1.54) is 25.7 Å². The van der Waals surface area contributed by atoms with Crippen molar-refractivity contribution in [2.45, 2.75) is 31.7 Å². The molecule has 2 saturated carbocycles. The maximum Gasteiger partial charge on any atom is 0.182 e. The fourth-order valence-corrected chi connectivity index (χ4v) is 4.92. The van der Waals surface area contributed by atoms with Gasteiger partial charge < -0.3 is 9.88 Å². The smallest absolute Gasteiger partial charge is 0.182 e. The van der Waals surface area contributed by atoms with Gasteiger partial charge in [0.25, 0.3) is 0 Å². The third kappa shape index (κ3) is 1.93. The van der Waals surface area contributed by atoms with Crippen LogP contribution in [0.3, 0.4) is 0 Å².